The summed E-state index contributed by atoms with van der Waals surface area (Å²) in [6.45, 7) is 1.52. The maximum Gasteiger partial charge on any atom is 0.132 e. The summed E-state index contributed by atoms with van der Waals surface area (Å²) in [5.74, 6) is -0.300. The minimum atomic E-state index is -0.300. The largest absolute Gasteiger partial charge is 0.353 e. The van der Waals surface area contributed by atoms with Crippen molar-refractivity contribution in [3.8, 4) is 33.8 Å². The van der Waals surface area contributed by atoms with Gasteiger partial charge in [0.15, 0.2) is 0 Å². The minimum Gasteiger partial charge on any atom is -0.353 e. The molecule has 0 spiro atoms. The maximum absolute atomic E-state index is 14.6. The Bertz CT molecular complexity index is 1960. The molecule has 7 rings (SSSR count). The topological polar surface area (TPSA) is 82.3 Å². The molecule has 40 heavy (non-hydrogen) atoms. The van der Waals surface area contributed by atoms with Crippen LogP contribution in [0, 0.1) is 5.82 Å². The fourth-order valence-electron chi connectivity index (χ4n) is 5.14. The molecule has 4 aromatic heterocycles. The first kappa shape index (κ1) is 23.9. The zero-order valence-electron chi connectivity index (χ0n) is 21.5. The number of fused-ring (bicyclic) bond motifs is 2. The predicted octanol–water partition coefficient (Wildman–Crippen LogP) is 7.26. The highest BCUT2D eigenvalue weighted by Crippen LogP contribution is 2.35. The molecule has 0 saturated carbocycles. The first-order chi connectivity index (χ1) is 19.7. The Labute approximate surface area is 230 Å². The van der Waals surface area contributed by atoms with E-state index in [4.69, 9.17) is 0 Å². The summed E-state index contributed by atoms with van der Waals surface area (Å²) in [5.41, 5.74) is 8.95. The van der Waals surface area contributed by atoms with E-state index >= 15 is 0 Å². The van der Waals surface area contributed by atoms with Crippen molar-refractivity contribution in [1.82, 2.24) is 30.5 Å². The maximum atomic E-state index is 14.6. The van der Waals surface area contributed by atoms with E-state index in [1.54, 1.807) is 18.3 Å². The molecule has 0 unspecified atom stereocenters. The monoisotopic (exact) mass is 524 g/mol. The molecule has 3 N–H and O–H groups in total. The lowest BCUT2D eigenvalue weighted by molar-refractivity contribution is 0.631. The SMILES string of the molecule is Fc1ccccc1-c1nccc2[nH]c(-c3n[nH]c4ccc(-c5cncc(CNCc6ccccc6)c5)cc34)cc12. The molecule has 3 aromatic carbocycles. The Morgan fingerprint density at radius 3 is 2.42 bits per heavy atom. The summed E-state index contributed by atoms with van der Waals surface area (Å²) in [5, 5.41) is 13.1. The molecular weight excluding hydrogens is 499 g/mol. The molecule has 0 atom stereocenters. The number of nitrogens with one attached hydrogen (secondary N) is 3. The average Bonchev–Trinajstić information content (AvgIpc) is 3.62. The molecule has 4 heterocycles. The van der Waals surface area contributed by atoms with Gasteiger partial charge in [-0.2, -0.15) is 5.10 Å². The summed E-state index contributed by atoms with van der Waals surface area (Å²) in [7, 11) is 0. The van der Waals surface area contributed by atoms with Crippen LogP contribution >= 0.6 is 0 Å². The Balaban J connectivity index is 1.21. The highest BCUT2D eigenvalue weighted by atomic mass is 19.1. The van der Waals surface area contributed by atoms with Crippen molar-refractivity contribution in [2.24, 2.45) is 0 Å². The van der Waals surface area contributed by atoms with E-state index in [1.807, 2.05) is 54.9 Å². The van der Waals surface area contributed by atoms with Crippen LogP contribution in [0.4, 0.5) is 4.39 Å². The Morgan fingerprint density at radius 1 is 0.700 bits per heavy atom. The number of H-pyrrole nitrogens is 2. The summed E-state index contributed by atoms with van der Waals surface area (Å²) in [6, 6.07) is 29.4. The second-order valence-electron chi connectivity index (χ2n) is 9.79. The molecule has 0 amide bonds. The minimum absolute atomic E-state index is 0.300. The van der Waals surface area contributed by atoms with E-state index < -0.39 is 0 Å². The highest BCUT2D eigenvalue weighted by molar-refractivity contribution is 6.00. The van der Waals surface area contributed by atoms with Gasteiger partial charge >= 0.3 is 0 Å². The summed E-state index contributed by atoms with van der Waals surface area (Å²) >= 11 is 0. The molecule has 0 radical (unpaired) electrons. The number of hydrogen-bond acceptors (Lipinski definition) is 4. The zero-order valence-corrected chi connectivity index (χ0v) is 21.5. The number of hydrogen-bond donors (Lipinski definition) is 3. The zero-order chi connectivity index (χ0) is 26.9. The van der Waals surface area contributed by atoms with Gasteiger partial charge in [-0.3, -0.25) is 15.1 Å². The number of aromatic nitrogens is 5. The lowest BCUT2D eigenvalue weighted by Gasteiger charge is -2.08. The van der Waals surface area contributed by atoms with Crippen molar-refractivity contribution in [3.63, 3.8) is 0 Å². The van der Waals surface area contributed by atoms with Gasteiger partial charge in [-0.05, 0) is 59.2 Å². The third-order valence-corrected chi connectivity index (χ3v) is 7.12. The van der Waals surface area contributed by atoms with Crippen LogP contribution in [0.5, 0.6) is 0 Å². The van der Waals surface area contributed by atoms with Crippen molar-refractivity contribution in [2.45, 2.75) is 13.1 Å². The lowest BCUT2D eigenvalue weighted by Crippen LogP contribution is -2.12. The third-order valence-electron chi connectivity index (χ3n) is 7.12. The number of rotatable bonds is 7. The van der Waals surface area contributed by atoms with Gasteiger partial charge in [0.1, 0.15) is 11.5 Å². The van der Waals surface area contributed by atoms with E-state index in [2.05, 4.69) is 60.8 Å². The van der Waals surface area contributed by atoms with Crippen LogP contribution in [-0.2, 0) is 13.1 Å². The fourth-order valence-corrected chi connectivity index (χ4v) is 5.14. The molecule has 7 heteroatoms. The average molecular weight is 525 g/mol. The molecule has 0 bridgehead atoms. The van der Waals surface area contributed by atoms with Gasteiger partial charge in [0.05, 0.1) is 16.9 Å². The van der Waals surface area contributed by atoms with Crippen molar-refractivity contribution in [3.05, 3.63) is 127 Å². The van der Waals surface area contributed by atoms with Gasteiger partial charge in [-0.15, -0.1) is 0 Å². The molecule has 6 nitrogen and oxygen atoms in total. The van der Waals surface area contributed by atoms with Crippen LogP contribution in [-0.4, -0.2) is 25.1 Å². The predicted molar refractivity (Wildman–Crippen MR) is 157 cm³/mol. The van der Waals surface area contributed by atoms with E-state index in [9.17, 15) is 4.39 Å². The molecule has 0 aliphatic heterocycles. The molecule has 194 valence electrons. The van der Waals surface area contributed by atoms with Crippen LogP contribution in [0.15, 0.2) is 110 Å². The molecule has 7 aromatic rings. The lowest BCUT2D eigenvalue weighted by atomic mass is 10.0. The standard InChI is InChI=1S/C33H25FN6/c34-28-9-5-4-8-25(28)32-27-16-31(38-29(27)12-13-37-32)33-26-15-23(10-11-30(26)39-40-33)24-14-22(19-36-20-24)18-35-17-21-6-2-1-3-7-21/h1-16,19-20,35,38H,17-18H2,(H,39,40). The van der Waals surface area contributed by atoms with Crippen molar-refractivity contribution in [1.29, 1.82) is 0 Å². The van der Waals surface area contributed by atoms with E-state index in [0.29, 0.717) is 11.3 Å². The Kier molecular flexibility index (Phi) is 6.11. The number of halogens is 1. The second kappa shape index (κ2) is 10.2. The van der Waals surface area contributed by atoms with Crippen LogP contribution in [0.3, 0.4) is 0 Å². The number of pyridine rings is 2. The Hall–Kier alpha value is -5.14. The van der Waals surface area contributed by atoms with E-state index in [-0.39, 0.29) is 5.82 Å². The van der Waals surface area contributed by atoms with Crippen LogP contribution in [0.25, 0.3) is 55.6 Å². The molecule has 0 aliphatic carbocycles. The molecule has 0 aliphatic rings. The van der Waals surface area contributed by atoms with E-state index in [0.717, 1.165) is 63.0 Å². The summed E-state index contributed by atoms with van der Waals surface area (Å²) < 4.78 is 14.6. The molecule has 0 saturated heterocycles. The van der Waals surface area contributed by atoms with Gasteiger partial charge in [0, 0.05) is 59.1 Å². The number of aromatic amines is 2. The second-order valence-corrected chi connectivity index (χ2v) is 9.79. The first-order valence-electron chi connectivity index (χ1n) is 13.1. The smallest absolute Gasteiger partial charge is 0.132 e. The van der Waals surface area contributed by atoms with E-state index in [1.165, 1.54) is 11.6 Å². The normalized spacial score (nSPS) is 11.4. The van der Waals surface area contributed by atoms with Crippen LogP contribution in [0.2, 0.25) is 0 Å². The molecule has 0 fully saturated rings. The van der Waals surface area contributed by atoms with Gasteiger partial charge in [0.2, 0.25) is 0 Å². The van der Waals surface area contributed by atoms with Gasteiger partial charge in [0.25, 0.3) is 0 Å². The summed E-state index contributed by atoms with van der Waals surface area (Å²) in [4.78, 5) is 12.5. The number of nitrogens with zero attached hydrogens (tertiary/aromatic N) is 3. The Morgan fingerprint density at radius 2 is 1.52 bits per heavy atom. The third kappa shape index (κ3) is 4.52. The van der Waals surface area contributed by atoms with Crippen molar-refractivity contribution >= 4 is 21.8 Å². The summed E-state index contributed by atoms with van der Waals surface area (Å²) in [6.07, 6.45) is 5.48. The fraction of sp³-hybridized carbons (Fsp3) is 0.0606. The van der Waals surface area contributed by atoms with Crippen LogP contribution in [0.1, 0.15) is 11.1 Å². The van der Waals surface area contributed by atoms with Crippen molar-refractivity contribution < 1.29 is 4.39 Å². The van der Waals surface area contributed by atoms with Crippen molar-refractivity contribution in [2.75, 3.05) is 0 Å². The quantitative estimate of drug-likeness (QED) is 0.205. The highest BCUT2D eigenvalue weighted by Gasteiger charge is 2.16. The van der Waals surface area contributed by atoms with Crippen LogP contribution < -0.4 is 5.32 Å². The molecular formula is C33H25FN6. The van der Waals surface area contributed by atoms with Gasteiger partial charge in [-0.1, -0.05) is 48.5 Å². The van der Waals surface area contributed by atoms with Gasteiger partial charge < -0.3 is 10.3 Å². The van der Waals surface area contributed by atoms with Gasteiger partial charge in [-0.25, -0.2) is 4.39 Å². The number of benzene rings is 3. The first-order valence-corrected chi connectivity index (χ1v) is 13.1.